The van der Waals surface area contributed by atoms with Crippen molar-refractivity contribution in [3.05, 3.63) is 71.0 Å². The van der Waals surface area contributed by atoms with Gasteiger partial charge in [-0.25, -0.2) is 9.38 Å². The molecule has 1 heterocycles. The Kier molecular flexibility index (Phi) is 8.02. The van der Waals surface area contributed by atoms with Crippen LogP contribution in [-0.2, 0) is 19.6 Å². The highest BCUT2D eigenvalue weighted by Gasteiger charge is 2.13. The molecule has 5 nitrogen and oxygen atoms in total. The first-order valence-corrected chi connectivity index (χ1v) is 10.4. The van der Waals surface area contributed by atoms with Gasteiger partial charge in [0.25, 0.3) is 0 Å². The summed E-state index contributed by atoms with van der Waals surface area (Å²) in [6.45, 7) is 9.52. The Morgan fingerprint density at radius 3 is 2.38 bits per heavy atom. The number of benzene rings is 2. The molecule has 156 valence electrons. The largest absolute Gasteiger partial charge is 0.357 e. The van der Waals surface area contributed by atoms with Crippen LogP contribution in [0.25, 0.3) is 0 Å². The van der Waals surface area contributed by atoms with E-state index in [4.69, 9.17) is 0 Å². The average molecular weight is 398 g/mol. The molecule has 0 aromatic heterocycles. The molecule has 0 bridgehead atoms. The van der Waals surface area contributed by atoms with Gasteiger partial charge in [-0.2, -0.15) is 0 Å². The molecule has 2 aromatic carbocycles. The maximum Gasteiger partial charge on any atom is 0.191 e. The van der Waals surface area contributed by atoms with Crippen molar-refractivity contribution in [2.45, 2.75) is 26.6 Å². The number of likely N-dealkylation sites (N-methyl/N-ethyl adjacent to an activating group) is 1. The maximum atomic E-state index is 13.3. The molecule has 2 aromatic rings. The number of hydrogen-bond donors (Lipinski definition) is 2. The Bertz CT molecular complexity index is 782. The molecule has 3 rings (SSSR count). The van der Waals surface area contributed by atoms with Gasteiger partial charge < -0.3 is 15.5 Å². The summed E-state index contributed by atoms with van der Waals surface area (Å²) in [4.78, 5) is 9.45. The van der Waals surface area contributed by atoms with E-state index in [0.717, 1.165) is 50.8 Å². The van der Waals surface area contributed by atoms with Gasteiger partial charge in [-0.05, 0) is 42.8 Å². The van der Waals surface area contributed by atoms with Gasteiger partial charge in [0.15, 0.2) is 5.96 Å². The minimum atomic E-state index is -0.229. The number of rotatable bonds is 7. The van der Waals surface area contributed by atoms with Crippen molar-refractivity contribution in [1.29, 1.82) is 0 Å². The van der Waals surface area contributed by atoms with E-state index in [2.05, 4.69) is 56.7 Å². The third-order valence-electron chi connectivity index (χ3n) is 5.14. The molecule has 1 fully saturated rings. The topological polar surface area (TPSA) is 42.9 Å². The van der Waals surface area contributed by atoms with E-state index in [1.54, 1.807) is 6.07 Å². The van der Waals surface area contributed by atoms with Crippen LogP contribution in [0.15, 0.2) is 53.5 Å². The quantitative estimate of drug-likeness (QED) is 0.557. The summed E-state index contributed by atoms with van der Waals surface area (Å²) in [5.74, 6) is 0.505. The average Bonchev–Trinajstić information content (AvgIpc) is 2.73. The standard InChI is InChI=1S/C23H32FN5/c1-3-25-23(27-17-21-5-4-6-22(24)15-21)26-16-19-7-9-20(10-8-19)18-29-13-11-28(2)12-14-29/h4-10,15H,3,11-14,16-18H2,1-2H3,(H2,25,26,27). The Morgan fingerprint density at radius 2 is 1.69 bits per heavy atom. The molecule has 1 saturated heterocycles. The van der Waals surface area contributed by atoms with Gasteiger partial charge in [0.2, 0.25) is 0 Å². The smallest absolute Gasteiger partial charge is 0.191 e. The lowest BCUT2D eigenvalue weighted by Gasteiger charge is -2.32. The molecule has 6 heteroatoms. The van der Waals surface area contributed by atoms with E-state index < -0.39 is 0 Å². The maximum absolute atomic E-state index is 13.3. The zero-order valence-electron chi connectivity index (χ0n) is 17.5. The Balaban J connectivity index is 1.50. The van der Waals surface area contributed by atoms with Crippen molar-refractivity contribution in [3.8, 4) is 0 Å². The van der Waals surface area contributed by atoms with Crippen LogP contribution in [0.2, 0.25) is 0 Å². The molecule has 0 atom stereocenters. The van der Waals surface area contributed by atoms with Crippen LogP contribution in [0, 0.1) is 5.82 Å². The normalized spacial score (nSPS) is 16.0. The number of piperazine rings is 1. The van der Waals surface area contributed by atoms with Crippen LogP contribution < -0.4 is 10.6 Å². The molecule has 0 saturated carbocycles. The van der Waals surface area contributed by atoms with Gasteiger partial charge in [0, 0.05) is 45.8 Å². The summed E-state index contributed by atoms with van der Waals surface area (Å²) >= 11 is 0. The van der Waals surface area contributed by atoms with Gasteiger partial charge in [-0.1, -0.05) is 36.4 Å². The van der Waals surface area contributed by atoms with Crippen molar-refractivity contribution >= 4 is 5.96 Å². The number of guanidine groups is 1. The van der Waals surface area contributed by atoms with E-state index in [1.807, 2.05) is 13.0 Å². The lowest BCUT2D eigenvalue weighted by Crippen LogP contribution is -2.43. The van der Waals surface area contributed by atoms with E-state index in [1.165, 1.54) is 23.3 Å². The Labute approximate surface area is 173 Å². The lowest BCUT2D eigenvalue weighted by atomic mass is 10.1. The van der Waals surface area contributed by atoms with Crippen molar-refractivity contribution in [1.82, 2.24) is 20.4 Å². The first kappa shape index (κ1) is 21.3. The fourth-order valence-electron chi connectivity index (χ4n) is 3.36. The number of aliphatic imine (C=N–C) groups is 1. The summed E-state index contributed by atoms with van der Waals surface area (Å²) in [5, 5.41) is 6.60. The monoisotopic (exact) mass is 397 g/mol. The molecule has 0 unspecified atom stereocenters. The molecule has 0 spiro atoms. The minimum Gasteiger partial charge on any atom is -0.357 e. The van der Waals surface area contributed by atoms with Gasteiger partial charge in [-0.15, -0.1) is 0 Å². The van der Waals surface area contributed by atoms with Crippen LogP contribution in [0.5, 0.6) is 0 Å². The highest BCUT2D eigenvalue weighted by molar-refractivity contribution is 5.79. The third-order valence-corrected chi connectivity index (χ3v) is 5.14. The van der Waals surface area contributed by atoms with E-state index in [-0.39, 0.29) is 5.82 Å². The molecule has 0 aliphatic carbocycles. The summed E-state index contributed by atoms with van der Waals surface area (Å²) in [6, 6.07) is 15.3. The Hall–Kier alpha value is -2.44. The second kappa shape index (κ2) is 10.9. The predicted octanol–water partition coefficient (Wildman–Crippen LogP) is 2.83. The number of hydrogen-bond acceptors (Lipinski definition) is 3. The van der Waals surface area contributed by atoms with E-state index in [0.29, 0.717) is 13.1 Å². The van der Waals surface area contributed by atoms with E-state index in [9.17, 15) is 4.39 Å². The second-order valence-corrected chi connectivity index (χ2v) is 7.57. The number of halogens is 1. The summed E-state index contributed by atoms with van der Waals surface area (Å²) in [7, 11) is 2.18. The molecule has 0 radical (unpaired) electrons. The molecule has 1 aliphatic rings. The SMILES string of the molecule is CCNC(=NCc1cccc(F)c1)NCc1ccc(CN2CCN(C)CC2)cc1. The molecule has 2 N–H and O–H groups in total. The third kappa shape index (κ3) is 7.15. The van der Waals surface area contributed by atoms with Crippen molar-refractivity contribution in [3.63, 3.8) is 0 Å². The van der Waals surface area contributed by atoms with Crippen molar-refractivity contribution in [2.75, 3.05) is 39.8 Å². The van der Waals surface area contributed by atoms with Gasteiger partial charge >= 0.3 is 0 Å². The van der Waals surface area contributed by atoms with Crippen LogP contribution in [0.3, 0.4) is 0 Å². The van der Waals surface area contributed by atoms with Crippen molar-refractivity contribution < 1.29 is 4.39 Å². The molecule has 0 amide bonds. The highest BCUT2D eigenvalue weighted by atomic mass is 19.1. The van der Waals surface area contributed by atoms with Crippen LogP contribution in [-0.4, -0.2) is 55.5 Å². The first-order valence-electron chi connectivity index (χ1n) is 10.4. The van der Waals surface area contributed by atoms with Gasteiger partial charge in [0.05, 0.1) is 6.54 Å². The summed E-state index contributed by atoms with van der Waals surface area (Å²) < 4.78 is 13.3. The van der Waals surface area contributed by atoms with Gasteiger partial charge in [0.1, 0.15) is 5.82 Å². The highest BCUT2D eigenvalue weighted by Crippen LogP contribution is 2.10. The molecule has 1 aliphatic heterocycles. The fraction of sp³-hybridized carbons (Fsp3) is 0.435. The molecular formula is C23H32FN5. The van der Waals surface area contributed by atoms with Crippen LogP contribution in [0.4, 0.5) is 4.39 Å². The van der Waals surface area contributed by atoms with Crippen molar-refractivity contribution in [2.24, 2.45) is 4.99 Å². The lowest BCUT2D eigenvalue weighted by molar-refractivity contribution is 0.148. The Morgan fingerprint density at radius 1 is 0.966 bits per heavy atom. The van der Waals surface area contributed by atoms with Crippen LogP contribution in [0.1, 0.15) is 23.6 Å². The van der Waals surface area contributed by atoms with E-state index >= 15 is 0 Å². The summed E-state index contributed by atoms with van der Waals surface area (Å²) in [5.41, 5.74) is 3.42. The molecular weight excluding hydrogens is 365 g/mol. The zero-order valence-corrected chi connectivity index (χ0v) is 17.5. The zero-order chi connectivity index (χ0) is 20.5. The predicted molar refractivity (Wildman–Crippen MR) is 117 cm³/mol. The second-order valence-electron chi connectivity index (χ2n) is 7.57. The van der Waals surface area contributed by atoms with Crippen LogP contribution >= 0.6 is 0 Å². The summed E-state index contributed by atoms with van der Waals surface area (Å²) in [6.07, 6.45) is 0. The van der Waals surface area contributed by atoms with Gasteiger partial charge in [-0.3, -0.25) is 4.90 Å². The number of nitrogens with zero attached hydrogens (tertiary/aromatic N) is 3. The minimum absolute atomic E-state index is 0.229. The first-order chi connectivity index (χ1) is 14.1. The molecule has 29 heavy (non-hydrogen) atoms. The number of nitrogens with one attached hydrogen (secondary N) is 2. The fourth-order valence-corrected chi connectivity index (χ4v) is 3.36.